The topological polar surface area (TPSA) is 67.9 Å². The Kier molecular flexibility index (Phi) is 8.14. The molecule has 0 aliphatic carbocycles. The van der Waals surface area contributed by atoms with E-state index in [1.807, 2.05) is 20.8 Å². The molecule has 6 nitrogen and oxygen atoms in total. The van der Waals surface area contributed by atoms with Crippen LogP contribution in [0.25, 0.3) is 0 Å². The molecule has 1 fully saturated rings. The van der Waals surface area contributed by atoms with Crippen molar-refractivity contribution in [2.45, 2.75) is 52.6 Å². The third-order valence-corrected chi connectivity index (χ3v) is 4.89. The van der Waals surface area contributed by atoms with Crippen LogP contribution in [-0.4, -0.2) is 48.7 Å². The lowest BCUT2D eigenvalue weighted by atomic mass is 9.91. The van der Waals surface area contributed by atoms with Crippen LogP contribution in [0.5, 0.6) is 5.75 Å². The summed E-state index contributed by atoms with van der Waals surface area (Å²) < 4.78 is 25.6. The first-order chi connectivity index (χ1) is 13.6. The minimum atomic E-state index is -0.542. The fourth-order valence-electron chi connectivity index (χ4n) is 3.26. The van der Waals surface area contributed by atoms with Gasteiger partial charge in [0, 0.05) is 20.0 Å². The van der Waals surface area contributed by atoms with E-state index in [-0.39, 0.29) is 35.3 Å². The zero-order chi connectivity index (χ0) is 21.6. The summed E-state index contributed by atoms with van der Waals surface area (Å²) in [4.78, 5) is 24.9. The number of hydrogen-bond acceptors (Lipinski definition) is 4. The molecule has 1 heterocycles. The summed E-state index contributed by atoms with van der Waals surface area (Å²) in [6.07, 6.45) is 1.91. The van der Waals surface area contributed by atoms with Gasteiger partial charge in [0.1, 0.15) is 28.8 Å². The molecule has 0 bridgehead atoms. The standard InChI is InChI=1S/C21H30ClFN2O4/c1-14(26)24-9-11-28-17-8-7-16(19(23)18(17)22)12-15-6-5-10-25(13-15)20(27)29-21(2,3)4/h7-8,15H,5-6,9-13H2,1-4H3,(H,24,26)/t15-/m1/s1. The van der Waals surface area contributed by atoms with Crippen LogP contribution in [0.3, 0.4) is 0 Å². The molecule has 0 spiro atoms. The summed E-state index contributed by atoms with van der Waals surface area (Å²) in [7, 11) is 0. The van der Waals surface area contributed by atoms with Crippen LogP contribution in [-0.2, 0) is 16.0 Å². The second-order valence-electron chi connectivity index (χ2n) is 8.32. The van der Waals surface area contributed by atoms with Gasteiger partial charge in [0.2, 0.25) is 5.91 Å². The second-order valence-corrected chi connectivity index (χ2v) is 8.70. The molecule has 1 saturated heterocycles. The molecular weight excluding hydrogens is 399 g/mol. The number of carbonyl (C=O) groups is 2. The van der Waals surface area contributed by atoms with Gasteiger partial charge in [-0.2, -0.15) is 0 Å². The Hall–Kier alpha value is -2.02. The van der Waals surface area contributed by atoms with Crippen molar-refractivity contribution in [2.75, 3.05) is 26.2 Å². The Morgan fingerprint density at radius 2 is 2.07 bits per heavy atom. The lowest BCUT2D eigenvalue weighted by molar-refractivity contribution is -0.119. The van der Waals surface area contributed by atoms with Gasteiger partial charge in [-0.05, 0) is 57.6 Å². The molecule has 1 aromatic carbocycles. The highest BCUT2D eigenvalue weighted by Crippen LogP contribution is 2.32. The van der Waals surface area contributed by atoms with Crippen molar-refractivity contribution < 1.29 is 23.5 Å². The van der Waals surface area contributed by atoms with Crippen molar-refractivity contribution in [1.82, 2.24) is 10.2 Å². The molecule has 1 aliphatic heterocycles. The van der Waals surface area contributed by atoms with Crippen LogP contribution in [0.2, 0.25) is 5.02 Å². The first-order valence-corrected chi connectivity index (χ1v) is 10.3. The number of likely N-dealkylation sites (tertiary alicyclic amines) is 1. The van der Waals surface area contributed by atoms with E-state index in [2.05, 4.69) is 5.32 Å². The van der Waals surface area contributed by atoms with E-state index in [0.29, 0.717) is 31.6 Å². The number of ether oxygens (including phenoxy) is 2. The van der Waals surface area contributed by atoms with E-state index in [0.717, 1.165) is 12.8 Å². The van der Waals surface area contributed by atoms with E-state index >= 15 is 0 Å². The first-order valence-electron chi connectivity index (χ1n) is 9.89. The van der Waals surface area contributed by atoms with Crippen LogP contribution in [0.15, 0.2) is 12.1 Å². The molecule has 2 rings (SSSR count). The number of carbonyl (C=O) groups excluding carboxylic acids is 2. The first kappa shape index (κ1) is 23.3. The second kappa shape index (κ2) is 10.1. The smallest absolute Gasteiger partial charge is 0.410 e. The number of piperidine rings is 1. The SMILES string of the molecule is CC(=O)NCCOc1ccc(C[C@H]2CCCN(C(=O)OC(C)(C)C)C2)c(F)c1Cl. The maximum absolute atomic E-state index is 14.7. The highest BCUT2D eigenvalue weighted by Gasteiger charge is 2.28. The predicted molar refractivity (Wildman–Crippen MR) is 110 cm³/mol. The fraction of sp³-hybridized carbons (Fsp3) is 0.619. The van der Waals surface area contributed by atoms with Gasteiger partial charge < -0.3 is 19.7 Å². The molecule has 0 unspecified atom stereocenters. The lowest BCUT2D eigenvalue weighted by Crippen LogP contribution is -2.43. The predicted octanol–water partition coefficient (Wildman–Crippen LogP) is 4.18. The van der Waals surface area contributed by atoms with Gasteiger partial charge in [-0.1, -0.05) is 17.7 Å². The van der Waals surface area contributed by atoms with Gasteiger partial charge in [-0.25, -0.2) is 9.18 Å². The lowest BCUT2D eigenvalue weighted by Gasteiger charge is -2.34. The number of rotatable bonds is 6. The van der Waals surface area contributed by atoms with E-state index in [1.54, 1.807) is 17.0 Å². The highest BCUT2D eigenvalue weighted by molar-refractivity contribution is 6.32. The number of hydrogen-bond donors (Lipinski definition) is 1. The average Bonchev–Trinajstić information content (AvgIpc) is 2.63. The molecule has 0 radical (unpaired) electrons. The molecular formula is C21H30ClFN2O4. The Labute approximate surface area is 176 Å². The molecule has 0 saturated carbocycles. The van der Waals surface area contributed by atoms with Crippen molar-refractivity contribution >= 4 is 23.6 Å². The van der Waals surface area contributed by atoms with Gasteiger partial charge in [0.25, 0.3) is 0 Å². The minimum Gasteiger partial charge on any atom is -0.490 e. The van der Waals surface area contributed by atoms with E-state index in [9.17, 15) is 14.0 Å². The molecule has 1 N–H and O–H groups in total. The summed E-state index contributed by atoms with van der Waals surface area (Å²) in [5, 5.41) is 2.53. The number of benzene rings is 1. The monoisotopic (exact) mass is 428 g/mol. The molecule has 2 amide bonds. The van der Waals surface area contributed by atoms with Crippen LogP contribution in [0, 0.1) is 11.7 Å². The van der Waals surface area contributed by atoms with Crippen molar-refractivity contribution in [3.8, 4) is 5.75 Å². The Morgan fingerprint density at radius 1 is 1.34 bits per heavy atom. The number of amides is 2. The molecule has 162 valence electrons. The number of nitrogens with zero attached hydrogens (tertiary/aromatic N) is 1. The fourth-order valence-corrected chi connectivity index (χ4v) is 3.50. The summed E-state index contributed by atoms with van der Waals surface area (Å²) in [5.41, 5.74) is -0.0420. The highest BCUT2D eigenvalue weighted by atomic mass is 35.5. The van der Waals surface area contributed by atoms with Crippen molar-refractivity contribution in [3.05, 3.63) is 28.5 Å². The molecule has 1 aromatic rings. The number of halogens is 2. The molecule has 1 atom stereocenters. The van der Waals surface area contributed by atoms with E-state index in [4.69, 9.17) is 21.1 Å². The van der Waals surface area contributed by atoms with Crippen molar-refractivity contribution in [1.29, 1.82) is 0 Å². The van der Waals surface area contributed by atoms with Gasteiger partial charge in [0.15, 0.2) is 0 Å². The summed E-state index contributed by atoms with van der Waals surface area (Å²) in [5.74, 6) is -0.280. The zero-order valence-electron chi connectivity index (χ0n) is 17.5. The van der Waals surface area contributed by atoms with Crippen LogP contribution < -0.4 is 10.1 Å². The minimum absolute atomic E-state index is 0.0647. The van der Waals surface area contributed by atoms with Crippen molar-refractivity contribution in [2.24, 2.45) is 5.92 Å². The van der Waals surface area contributed by atoms with Crippen molar-refractivity contribution in [3.63, 3.8) is 0 Å². The average molecular weight is 429 g/mol. The Morgan fingerprint density at radius 3 is 2.72 bits per heavy atom. The van der Waals surface area contributed by atoms with Gasteiger partial charge in [0.05, 0.1) is 6.54 Å². The maximum Gasteiger partial charge on any atom is 0.410 e. The van der Waals surface area contributed by atoms with Gasteiger partial charge >= 0.3 is 6.09 Å². The summed E-state index contributed by atoms with van der Waals surface area (Å²) >= 11 is 6.14. The molecule has 1 aliphatic rings. The molecule has 0 aromatic heterocycles. The van der Waals surface area contributed by atoms with Gasteiger partial charge in [-0.15, -0.1) is 0 Å². The summed E-state index contributed by atoms with van der Waals surface area (Å²) in [6, 6.07) is 3.31. The van der Waals surface area contributed by atoms with E-state index in [1.165, 1.54) is 6.92 Å². The third-order valence-electron chi connectivity index (χ3n) is 4.54. The quantitative estimate of drug-likeness (QED) is 0.690. The summed E-state index contributed by atoms with van der Waals surface area (Å²) in [6.45, 7) is 8.62. The number of nitrogens with one attached hydrogen (secondary N) is 1. The Bertz CT molecular complexity index is 736. The maximum atomic E-state index is 14.7. The van der Waals surface area contributed by atoms with Crippen LogP contribution in [0.4, 0.5) is 9.18 Å². The van der Waals surface area contributed by atoms with Crippen LogP contribution >= 0.6 is 11.6 Å². The van der Waals surface area contributed by atoms with Gasteiger partial charge in [-0.3, -0.25) is 4.79 Å². The van der Waals surface area contributed by atoms with E-state index < -0.39 is 11.4 Å². The molecule has 29 heavy (non-hydrogen) atoms. The Balaban J connectivity index is 1.96. The zero-order valence-corrected chi connectivity index (χ0v) is 18.3. The normalized spacial score (nSPS) is 17.0. The van der Waals surface area contributed by atoms with Crippen LogP contribution in [0.1, 0.15) is 46.1 Å². The third kappa shape index (κ3) is 7.38. The largest absolute Gasteiger partial charge is 0.490 e. The molecule has 8 heteroatoms.